The molecule has 2 aliphatic carbocycles. The predicted molar refractivity (Wildman–Crippen MR) is 162 cm³/mol. The van der Waals surface area contributed by atoms with E-state index < -0.39 is 11.7 Å². The SMILES string of the molecule is FC(F)(F)c1ccc(-c2ccc(CC3CC(Cc4ccccc4)=c4ccc5c(c4C3)CC=c3ccccc3=5)s2)cc1. The quantitative estimate of drug-likeness (QED) is 0.202. The van der Waals surface area contributed by atoms with E-state index >= 15 is 0 Å². The lowest BCUT2D eigenvalue weighted by Gasteiger charge is -2.27. The maximum absolute atomic E-state index is 13.0. The second-order valence-electron chi connectivity index (χ2n) is 11.2. The van der Waals surface area contributed by atoms with Gasteiger partial charge in [0.15, 0.2) is 0 Å². The number of benzene rings is 4. The summed E-state index contributed by atoms with van der Waals surface area (Å²) < 4.78 is 39.1. The predicted octanol–water partition coefficient (Wildman–Crippen LogP) is 8.26. The zero-order valence-corrected chi connectivity index (χ0v) is 23.4. The van der Waals surface area contributed by atoms with Crippen molar-refractivity contribution >= 4 is 23.0 Å². The molecule has 4 heteroatoms. The maximum Gasteiger partial charge on any atom is 0.416 e. The van der Waals surface area contributed by atoms with E-state index in [9.17, 15) is 13.2 Å². The van der Waals surface area contributed by atoms with E-state index in [0.29, 0.717) is 5.92 Å². The molecule has 0 spiro atoms. The van der Waals surface area contributed by atoms with Crippen LogP contribution < -0.4 is 10.4 Å². The third-order valence-corrected chi connectivity index (χ3v) is 9.68. The zero-order chi connectivity index (χ0) is 28.0. The molecule has 1 unspecified atom stereocenters. The Labute approximate surface area is 241 Å². The average molecular weight is 563 g/mol. The van der Waals surface area contributed by atoms with Crippen molar-refractivity contribution in [3.05, 3.63) is 151 Å². The van der Waals surface area contributed by atoms with Crippen molar-refractivity contribution in [1.82, 2.24) is 0 Å². The molecule has 4 aromatic carbocycles. The Bertz CT molecular complexity index is 1950. The van der Waals surface area contributed by atoms with Crippen molar-refractivity contribution in [2.45, 2.75) is 38.3 Å². The monoisotopic (exact) mass is 562 g/mol. The molecule has 204 valence electrons. The lowest BCUT2D eigenvalue weighted by atomic mass is 9.78. The van der Waals surface area contributed by atoms with Gasteiger partial charge < -0.3 is 0 Å². The molecule has 7 rings (SSSR count). The highest BCUT2D eigenvalue weighted by Gasteiger charge is 2.30. The van der Waals surface area contributed by atoms with Crippen LogP contribution >= 0.6 is 11.3 Å². The van der Waals surface area contributed by atoms with Gasteiger partial charge in [-0.1, -0.05) is 90.5 Å². The minimum absolute atomic E-state index is 0.476. The molecule has 41 heavy (non-hydrogen) atoms. The van der Waals surface area contributed by atoms with Gasteiger partial charge in [0.25, 0.3) is 0 Å². The fraction of sp³-hybridized carbons (Fsp3) is 0.189. The van der Waals surface area contributed by atoms with Crippen LogP contribution in [0.2, 0.25) is 0 Å². The minimum atomic E-state index is -4.32. The first-order chi connectivity index (χ1) is 19.9. The molecule has 0 fully saturated rings. The van der Waals surface area contributed by atoms with Gasteiger partial charge in [0, 0.05) is 9.75 Å². The van der Waals surface area contributed by atoms with Crippen LogP contribution in [0.4, 0.5) is 13.2 Å². The summed E-state index contributed by atoms with van der Waals surface area (Å²) in [7, 11) is 0. The summed E-state index contributed by atoms with van der Waals surface area (Å²) in [6.07, 6.45) is 3.02. The van der Waals surface area contributed by atoms with Crippen LogP contribution in [0, 0.1) is 16.4 Å². The van der Waals surface area contributed by atoms with Crippen molar-refractivity contribution in [3.63, 3.8) is 0 Å². The average Bonchev–Trinajstić information content (AvgIpc) is 3.45. The Morgan fingerprint density at radius 2 is 1.44 bits per heavy atom. The largest absolute Gasteiger partial charge is 0.416 e. The first-order valence-electron chi connectivity index (χ1n) is 14.1. The van der Waals surface area contributed by atoms with Crippen molar-refractivity contribution in [1.29, 1.82) is 0 Å². The molecule has 2 aliphatic rings. The summed E-state index contributed by atoms with van der Waals surface area (Å²) >= 11 is 1.70. The number of thiophene rings is 1. The Hall–Kier alpha value is -3.89. The van der Waals surface area contributed by atoms with E-state index in [0.717, 1.165) is 42.5 Å². The maximum atomic E-state index is 13.0. The van der Waals surface area contributed by atoms with Crippen LogP contribution in [0.1, 0.15) is 33.6 Å². The molecule has 0 saturated heterocycles. The molecular formula is C37H29F3S. The summed E-state index contributed by atoms with van der Waals surface area (Å²) in [5, 5.41) is 5.42. The molecule has 0 N–H and O–H groups in total. The van der Waals surface area contributed by atoms with Crippen molar-refractivity contribution in [2.75, 3.05) is 0 Å². The van der Waals surface area contributed by atoms with E-state index in [-0.39, 0.29) is 0 Å². The van der Waals surface area contributed by atoms with Crippen LogP contribution in [0.15, 0.2) is 103 Å². The highest BCUT2D eigenvalue weighted by molar-refractivity contribution is 7.15. The number of halogens is 3. The highest BCUT2D eigenvalue weighted by atomic mass is 32.1. The molecule has 0 saturated carbocycles. The van der Waals surface area contributed by atoms with E-state index in [1.807, 2.05) is 0 Å². The number of hydrogen-bond donors (Lipinski definition) is 0. The summed E-state index contributed by atoms with van der Waals surface area (Å²) in [5.41, 5.74) is 6.03. The molecule has 0 bridgehead atoms. The molecule has 0 aliphatic heterocycles. The Morgan fingerprint density at radius 3 is 2.24 bits per heavy atom. The number of alkyl halides is 3. The molecule has 5 aromatic rings. The smallest absolute Gasteiger partial charge is 0.166 e. The molecule has 1 heterocycles. The van der Waals surface area contributed by atoms with Gasteiger partial charge in [-0.05, 0) is 105 Å². The molecule has 1 aromatic heterocycles. The zero-order valence-electron chi connectivity index (χ0n) is 22.5. The van der Waals surface area contributed by atoms with Crippen LogP contribution in [0.3, 0.4) is 0 Å². The molecule has 0 radical (unpaired) electrons. The van der Waals surface area contributed by atoms with Crippen LogP contribution in [-0.4, -0.2) is 0 Å². The molecule has 0 amide bonds. The van der Waals surface area contributed by atoms with E-state index in [1.165, 1.54) is 60.1 Å². The van der Waals surface area contributed by atoms with Crippen LogP contribution in [0.25, 0.3) is 22.1 Å². The van der Waals surface area contributed by atoms with E-state index in [2.05, 4.69) is 84.9 Å². The van der Waals surface area contributed by atoms with Gasteiger partial charge in [0.2, 0.25) is 0 Å². The fourth-order valence-corrected chi connectivity index (χ4v) is 7.73. The molecule has 1 atom stereocenters. The summed E-state index contributed by atoms with van der Waals surface area (Å²) in [6.45, 7) is 0. The minimum Gasteiger partial charge on any atom is -0.166 e. The standard InChI is InChI=1S/C37H29F3S/c38-37(39,40)29-13-10-27(11-14-29)36-19-15-30(41-36)22-25-21-28(20-24-6-2-1-3-7-24)32-17-18-33-31-9-5-4-8-26(31)12-16-34(33)35(32)23-25/h1-15,17-19,25H,16,20-23H2. The Morgan fingerprint density at radius 1 is 0.683 bits per heavy atom. The number of rotatable bonds is 5. The first-order valence-corrected chi connectivity index (χ1v) is 15.0. The lowest BCUT2D eigenvalue weighted by molar-refractivity contribution is -0.137. The van der Waals surface area contributed by atoms with E-state index in [4.69, 9.17) is 0 Å². The fourth-order valence-electron chi connectivity index (χ4n) is 6.60. The summed E-state index contributed by atoms with van der Waals surface area (Å²) in [4.78, 5) is 2.30. The van der Waals surface area contributed by atoms with Gasteiger partial charge in [-0.25, -0.2) is 0 Å². The van der Waals surface area contributed by atoms with Crippen molar-refractivity contribution in [2.24, 2.45) is 5.92 Å². The Balaban J connectivity index is 1.24. The van der Waals surface area contributed by atoms with Gasteiger partial charge in [0.1, 0.15) is 0 Å². The summed E-state index contributed by atoms with van der Waals surface area (Å²) in [6, 6.07) is 33.9. The third kappa shape index (κ3) is 5.17. The highest BCUT2D eigenvalue weighted by Crippen LogP contribution is 2.36. The second kappa shape index (κ2) is 10.5. The molecular weight excluding hydrogens is 533 g/mol. The first kappa shape index (κ1) is 26.0. The lowest BCUT2D eigenvalue weighted by Crippen LogP contribution is -2.28. The Kier molecular flexibility index (Phi) is 6.67. The normalized spacial score (nSPS) is 16.0. The van der Waals surface area contributed by atoms with Crippen molar-refractivity contribution in [3.8, 4) is 10.4 Å². The third-order valence-electron chi connectivity index (χ3n) is 8.53. The van der Waals surface area contributed by atoms with Gasteiger partial charge in [-0.3, -0.25) is 0 Å². The topological polar surface area (TPSA) is 0 Å². The van der Waals surface area contributed by atoms with Crippen LogP contribution in [-0.2, 0) is 31.9 Å². The van der Waals surface area contributed by atoms with Gasteiger partial charge in [-0.15, -0.1) is 11.3 Å². The van der Waals surface area contributed by atoms with Crippen LogP contribution in [0.5, 0.6) is 0 Å². The number of hydrogen-bond acceptors (Lipinski definition) is 1. The van der Waals surface area contributed by atoms with Gasteiger partial charge in [-0.2, -0.15) is 13.2 Å². The molecule has 0 nitrogen and oxygen atoms in total. The van der Waals surface area contributed by atoms with Gasteiger partial charge in [0.05, 0.1) is 5.56 Å². The second-order valence-corrected chi connectivity index (χ2v) is 12.4. The number of fused-ring (bicyclic) bond motifs is 4. The van der Waals surface area contributed by atoms with Crippen molar-refractivity contribution < 1.29 is 13.2 Å². The van der Waals surface area contributed by atoms with Gasteiger partial charge >= 0.3 is 6.18 Å². The van der Waals surface area contributed by atoms with E-state index in [1.54, 1.807) is 23.5 Å². The summed E-state index contributed by atoms with van der Waals surface area (Å²) in [5.74, 6) is 0.476.